The van der Waals surface area contributed by atoms with E-state index in [2.05, 4.69) is 9.97 Å². The van der Waals surface area contributed by atoms with Crippen molar-refractivity contribution in [3.8, 4) is 0 Å². The van der Waals surface area contributed by atoms with Crippen LogP contribution >= 0.6 is 0 Å². The lowest BCUT2D eigenvalue weighted by Gasteiger charge is -2.26. The summed E-state index contributed by atoms with van der Waals surface area (Å²) in [5.74, 6) is 1.12. The van der Waals surface area contributed by atoms with E-state index in [-0.39, 0.29) is 0 Å². The largest absolute Gasteiger partial charge is 0.348 e. The maximum atomic E-state index is 11.3. The molecule has 0 saturated carbocycles. The fourth-order valence-electron chi connectivity index (χ4n) is 1.72. The molecule has 2 rings (SSSR count). The molecular weight excluding hydrogens is 190 g/mol. The van der Waals surface area contributed by atoms with Gasteiger partial charge >= 0.3 is 0 Å². The highest BCUT2D eigenvalue weighted by Gasteiger charge is 2.18. The molecule has 1 fully saturated rings. The number of carbonyl (C=O) groups excluding carboxylic acids is 1. The molecule has 0 bridgehead atoms. The van der Waals surface area contributed by atoms with Crippen molar-refractivity contribution in [1.29, 1.82) is 0 Å². The molecule has 4 nitrogen and oxygen atoms in total. The average molecular weight is 205 g/mol. The predicted octanol–water partition coefficient (Wildman–Crippen LogP) is 1.26. The van der Waals surface area contributed by atoms with Crippen molar-refractivity contribution >= 4 is 11.6 Å². The van der Waals surface area contributed by atoms with Crippen LogP contribution in [0.3, 0.4) is 0 Å². The molecule has 80 valence electrons. The van der Waals surface area contributed by atoms with E-state index in [0.717, 1.165) is 30.2 Å². The van der Waals surface area contributed by atoms with Crippen molar-refractivity contribution < 1.29 is 4.79 Å². The molecule has 2 heterocycles. The number of hydrogen-bond donors (Lipinski definition) is 0. The summed E-state index contributed by atoms with van der Waals surface area (Å²) in [6.45, 7) is 5.27. The minimum Gasteiger partial charge on any atom is -0.348 e. The van der Waals surface area contributed by atoms with Crippen LogP contribution in [0, 0.1) is 13.8 Å². The zero-order chi connectivity index (χ0) is 10.8. The van der Waals surface area contributed by atoms with Gasteiger partial charge in [-0.15, -0.1) is 0 Å². The monoisotopic (exact) mass is 205 g/mol. The Labute approximate surface area is 89.3 Å². The smallest absolute Gasteiger partial charge is 0.152 e. The predicted molar refractivity (Wildman–Crippen MR) is 58.0 cm³/mol. The van der Waals surface area contributed by atoms with Gasteiger partial charge in [0.2, 0.25) is 0 Å². The van der Waals surface area contributed by atoms with Gasteiger partial charge in [0.1, 0.15) is 5.82 Å². The number of aromatic nitrogens is 2. The zero-order valence-corrected chi connectivity index (χ0v) is 9.16. The molecule has 4 heteroatoms. The molecule has 0 aliphatic carbocycles. The van der Waals surface area contributed by atoms with E-state index >= 15 is 0 Å². The number of nitrogens with zero attached hydrogens (tertiary/aromatic N) is 3. The molecule has 1 aromatic rings. The highest BCUT2D eigenvalue weighted by molar-refractivity contribution is 5.84. The van der Waals surface area contributed by atoms with Crippen LogP contribution < -0.4 is 4.90 Å². The third-order valence-corrected chi connectivity index (χ3v) is 2.75. The van der Waals surface area contributed by atoms with Gasteiger partial charge in [0, 0.05) is 13.0 Å². The van der Waals surface area contributed by atoms with Crippen molar-refractivity contribution in [1.82, 2.24) is 9.97 Å². The van der Waals surface area contributed by atoms with Crippen LogP contribution in [0.25, 0.3) is 0 Å². The number of aryl methyl sites for hydroxylation is 2. The molecule has 1 saturated heterocycles. The molecule has 1 aliphatic rings. The number of piperidine rings is 1. The van der Waals surface area contributed by atoms with Gasteiger partial charge in [-0.25, -0.2) is 4.98 Å². The van der Waals surface area contributed by atoms with Crippen LogP contribution in [0.5, 0.6) is 0 Å². The minimum absolute atomic E-state index is 0.293. The topological polar surface area (TPSA) is 46.1 Å². The molecule has 0 aromatic carbocycles. The van der Waals surface area contributed by atoms with E-state index in [1.807, 2.05) is 18.7 Å². The van der Waals surface area contributed by atoms with Crippen molar-refractivity contribution in [2.24, 2.45) is 0 Å². The Hall–Kier alpha value is -1.45. The lowest BCUT2D eigenvalue weighted by molar-refractivity contribution is -0.118. The van der Waals surface area contributed by atoms with Crippen LogP contribution in [-0.4, -0.2) is 28.8 Å². The molecule has 0 atom stereocenters. The minimum atomic E-state index is 0.293. The number of hydrogen-bond acceptors (Lipinski definition) is 4. The number of rotatable bonds is 1. The molecular formula is C11H15N3O. The molecule has 0 unspecified atom stereocenters. The van der Waals surface area contributed by atoms with Gasteiger partial charge in [0.25, 0.3) is 0 Å². The van der Waals surface area contributed by atoms with Crippen LogP contribution in [0.1, 0.15) is 24.2 Å². The second kappa shape index (κ2) is 3.96. The van der Waals surface area contributed by atoms with E-state index in [9.17, 15) is 4.79 Å². The van der Waals surface area contributed by atoms with Crippen molar-refractivity contribution in [2.75, 3.05) is 18.0 Å². The second-order valence-electron chi connectivity index (χ2n) is 3.96. The first-order valence-electron chi connectivity index (χ1n) is 5.23. The third-order valence-electron chi connectivity index (χ3n) is 2.75. The van der Waals surface area contributed by atoms with E-state index in [4.69, 9.17) is 0 Å². The van der Waals surface area contributed by atoms with E-state index < -0.39 is 0 Å². The summed E-state index contributed by atoms with van der Waals surface area (Å²) in [5.41, 5.74) is 1.88. The Kier molecular flexibility index (Phi) is 2.66. The van der Waals surface area contributed by atoms with Gasteiger partial charge in [-0.2, -0.15) is 0 Å². The van der Waals surface area contributed by atoms with Gasteiger partial charge in [-0.05, 0) is 20.3 Å². The fourth-order valence-corrected chi connectivity index (χ4v) is 1.72. The van der Waals surface area contributed by atoms with E-state index in [0.29, 0.717) is 18.7 Å². The second-order valence-corrected chi connectivity index (χ2v) is 3.96. The SMILES string of the molecule is Cc1ncc(N2CCCC(=O)C2)nc1C. The Bertz CT molecular complexity index is 389. The first kappa shape index (κ1) is 10.1. The quantitative estimate of drug-likeness (QED) is 0.692. The van der Waals surface area contributed by atoms with Crippen molar-refractivity contribution in [3.63, 3.8) is 0 Å². The highest BCUT2D eigenvalue weighted by Crippen LogP contribution is 2.16. The molecule has 1 aliphatic heterocycles. The Morgan fingerprint density at radius 1 is 1.33 bits per heavy atom. The normalized spacial score (nSPS) is 16.9. The zero-order valence-electron chi connectivity index (χ0n) is 9.16. The first-order chi connectivity index (χ1) is 7.16. The van der Waals surface area contributed by atoms with Crippen molar-refractivity contribution in [3.05, 3.63) is 17.6 Å². The summed E-state index contributed by atoms with van der Waals surface area (Å²) in [6, 6.07) is 0. The van der Waals surface area contributed by atoms with Crippen LogP contribution in [0.2, 0.25) is 0 Å². The van der Waals surface area contributed by atoms with Gasteiger partial charge in [-0.1, -0.05) is 0 Å². The molecule has 0 N–H and O–H groups in total. The van der Waals surface area contributed by atoms with Gasteiger partial charge in [-0.3, -0.25) is 9.78 Å². The van der Waals surface area contributed by atoms with E-state index in [1.54, 1.807) is 6.20 Å². The molecule has 1 aromatic heterocycles. The molecule has 0 radical (unpaired) electrons. The Morgan fingerprint density at radius 2 is 2.13 bits per heavy atom. The molecule has 0 amide bonds. The summed E-state index contributed by atoms with van der Waals surface area (Å²) < 4.78 is 0. The van der Waals surface area contributed by atoms with E-state index in [1.165, 1.54) is 0 Å². The van der Waals surface area contributed by atoms with Crippen LogP contribution in [-0.2, 0) is 4.79 Å². The van der Waals surface area contributed by atoms with Crippen molar-refractivity contribution in [2.45, 2.75) is 26.7 Å². The fraction of sp³-hybridized carbons (Fsp3) is 0.545. The first-order valence-corrected chi connectivity index (χ1v) is 5.23. The number of anilines is 1. The van der Waals surface area contributed by atoms with Gasteiger partial charge in [0.05, 0.1) is 24.1 Å². The lowest BCUT2D eigenvalue weighted by Crippen LogP contribution is -2.36. The van der Waals surface area contributed by atoms with Crippen LogP contribution in [0.15, 0.2) is 6.20 Å². The lowest BCUT2D eigenvalue weighted by atomic mass is 10.1. The van der Waals surface area contributed by atoms with Gasteiger partial charge < -0.3 is 4.90 Å². The van der Waals surface area contributed by atoms with Crippen LogP contribution in [0.4, 0.5) is 5.82 Å². The summed E-state index contributed by atoms with van der Waals surface area (Å²) >= 11 is 0. The third kappa shape index (κ3) is 2.14. The average Bonchev–Trinajstić information content (AvgIpc) is 2.22. The number of ketones is 1. The Morgan fingerprint density at radius 3 is 2.80 bits per heavy atom. The maximum Gasteiger partial charge on any atom is 0.152 e. The molecule has 15 heavy (non-hydrogen) atoms. The summed E-state index contributed by atoms with van der Waals surface area (Å²) in [5, 5.41) is 0. The Balaban J connectivity index is 2.21. The standard InChI is InChI=1S/C11H15N3O/c1-8-9(2)13-11(6-12-8)14-5-3-4-10(15)7-14/h6H,3-5,7H2,1-2H3. The maximum absolute atomic E-state index is 11.3. The summed E-state index contributed by atoms with van der Waals surface area (Å²) in [6.07, 6.45) is 3.38. The molecule has 0 spiro atoms. The summed E-state index contributed by atoms with van der Waals surface area (Å²) in [7, 11) is 0. The summed E-state index contributed by atoms with van der Waals surface area (Å²) in [4.78, 5) is 22.0. The highest BCUT2D eigenvalue weighted by atomic mass is 16.1. The van der Waals surface area contributed by atoms with Gasteiger partial charge in [0.15, 0.2) is 5.78 Å². The number of Topliss-reactive ketones (excluding diaryl/α,β-unsaturated/α-hetero) is 1. The number of carbonyl (C=O) groups is 1.